The van der Waals surface area contributed by atoms with Crippen LogP contribution in [-0.2, 0) is 4.74 Å². The van der Waals surface area contributed by atoms with Crippen molar-refractivity contribution in [2.24, 2.45) is 5.92 Å². The maximum absolute atomic E-state index is 11.0. The van der Waals surface area contributed by atoms with E-state index in [1.807, 2.05) is 0 Å². The van der Waals surface area contributed by atoms with Crippen LogP contribution in [-0.4, -0.2) is 26.5 Å². The van der Waals surface area contributed by atoms with E-state index >= 15 is 0 Å². The van der Waals surface area contributed by atoms with E-state index in [2.05, 4.69) is 0 Å². The third-order valence-electron chi connectivity index (χ3n) is 2.98. The van der Waals surface area contributed by atoms with Crippen LogP contribution in [0.2, 0.25) is 0 Å². The molecule has 1 saturated carbocycles. The Balaban J connectivity index is 1.63. The topological polar surface area (TPSA) is 54.0 Å². The van der Waals surface area contributed by atoms with Gasteiger partial charge in [-0.05, 0) is 24.8 Å². The molecule has 1 aliphatic carbocycles. The highest BCUT2D eigenvalue weighted by atomic mass is 16.7. The lowest BCUT2D eigenvalue weighted by Gasteiger charge is -2.09. The van der Waals surface area contributed by atoms with Crippen molar-refractivity contribution in [1.82, 2.24) is 0 Å². The highest BCUT2D eigenvalue weighted by molar-refractivity contribution is 5.81. The minimum Gasteiger partial charge on any atom is -0.467 e. The lowest BCUT2D eigenvalue weighted by molar-refractivity contribution is 0.00962. The molecule has 1 aromatic rings. The Kier molecular flexibility index (Phi) is 3.06. The number of hydrogen-bond donors (Lipinski definition) is 0. The highest BCUT2D eigenvalue weighted by Crippen LogP contribution is 2.37. The number of ether oxygens (including phenoxy) is 4. The quantitative estimate of drug-likeness (QED) is 0.439. The SMILES string of the molecule is O=Cc1cc2c(cc1OCOCC1CC1)OCO2. The van der Waals surface area contributed by atoms with Gasteiger partial charge in [0.05, 0.1) is 12.2 Å². The predicted octanol–water partition coefficient (Wildman–Crippen LogP) is 1.99. The molecule has 0 aromatic heterocycles. The van der Waals surface area contributed by atoms with E-state index in [-0.39, 0.29) is 13.6 Å². The zero-order valence-corrected chi connectivity index (χ0v) is 9.89. The van der Waals surface area contributed by atoms with E-state index in [4.69, 9.17) is 18.9 Å². The Morgan fingerprint density at radius 3 is 2.78 bits per heavy atom. The molecule has 1 fully saturated rings. The molecule has 0 spiro atoms. The van der Waals surface area contributed by atoms with E-state index in [9.17, 15) is 4.79 Å². The van der Waals surface area contributed by atoms with Gasteiger partial charge in [0.2, 0.25) is 6.79 Å². The van der Waals surface area contributed by atoms with Gasteiger partial charge in [0, 0.05) is 6.07 Å². The lowest BCUT2D eigenvalue weighted by atomic mass is 10.2. The van der Waals surface area contributed by atoms with Gasteiger partial charge in [0.15, 0.2) is 24.6 Å². The summed E-state index contributed by atoms with van der Waals surface area (Å²) in [7, 11) is 0. The second-order valence-corrected chi connectivity index (χ2v) is 4.44. The van der Waals surface area contributed by atoms with E-state index in [0.29, 0.717) is 28.7 Å². The van der Waals surface area contributed by atoms with Crippen molar-refractivity contribution in [3.63, 3.8) is 0 Å². The van der Waals surface area contributed by atoms with Gasteiger partial charge in [-0.1, -0.05) is 0 Å². The molecule has 1 aliphatic heterocycles. The number of carbonyl (C=O) groups is 1. The Bertz CT molecular complexity index is 453. The van der Waals surface area contributed by atoms with Crippen molar-refractivity contribution in [3.8, 4) is 17.2 Å². The van der Waals surface area contributed by atoms with Gasteiger partial charge in [-0.15, -0.1) is 0 Å². The number of benzene rings is 1. The molecule has 0 amide bonds. The molecule has 18 heavy (non-hydrogen) atoms. The molecule has 0 saturated heterocycles. The number of carbonyl (C=O) groups excluding carboxylic acids is 1. The molecule has 0 unspecified atom stereocenters. The van der Waals surface area contributed by atoms with Crippen LogP contribution in [0.25, 0.3) is 0 Å². The first-order chi connectivity index (χ1) is 8.86. The van der Waals surface area contributed by atoms with Gasteiger partial charge in [-0.2, -0.15) is 0 Å². The van der Waals surface area contributed by atoms with Crippen molar-refractivity contribution in [2.75, 3.05) is 20.2 Å². The lowest BCUT2D eigenvalue weighted by Crippen LogP contribution is -2.06. The van der Waals surface area contributed by atoms with Crippen LogP contribution in [0.3, 0.4) is 0 Å². The van der Waals surface area contributed by atoms with E-state index < -0.39 is 0 Å². The number of fused-ring (bicyclic) bond motifs is 1. The van der Waals surface area contributed by atoms with Crippen molar-refractivity contribution in [3.05, 3.63) is 17.7 Å². The van der Waals surface area contributed by atoms with Crippen LogP contribution in [0.4, 0.5) is 0 Å². The molecule has 0 radical (unpaired) electrons. The maximum Gasteiger partial charge on any atom is 0.231 e. The first kappa shape index (κ1) is 11.3. The summed E-state index contributed by atoms with van der Waals surface area (Å²) < 4.78 is 21.2. The summed E-state index contributed by atoms with van der Waals surface area (Å²) in [6.07, 6.45) is 3.21. The van der Waals surface area contributed by atoms with Crippen LogP contribution in [0.5, 0.6) is 17.2 Å². The van der Waals surface area contributed by atoms with Gasteiger partial charge in [0.1, 0.15) is 5.75 Å². The molecular formula is C13H14O5. The molecule has 0 atom stereocenters. The van der Waals surface area contributed by atoms with Crippen molar-refractivity contribution in [2.45, 2.75) is 12.8 Å². The molecule has 0 bridgehead atoms. The second-order valence-electron chi connectivity index (χ2n) is 4.44. The summed E-state index contributed by atoms with van der Waals surface area (Å²) in [5.41, 5.74) is 0.439. The number of aldehydes is 1. The van der Waals surface area contributed by atoms with Crippen molar-refractivity contribution in [1.29, 1.82) is 0 Å². The molecular weight excluding hydrogens is 236 g/mol. The van der Waals surface area contributed by atoms with Crippen LogP contribution in [0.15, 0.2) is 12.1 Å². The molecule has 1 aromatic carbocycles. The van der Waals surface area contributed by atoms with E-state index in [1.165, 1.54) is 12.8 Å². The zero-order chi connectivity index (χ0) is 12.4. The molecule has 96 valence electrons. The summed E-state index contributed by atoms with van der Waals surface area (Å²) in [5, 5.41) is 0. The molecule has 5 nitrogen and oxygen atoms in total. The maximum atomic E-state index is 11.0. The summed E-state index contributed by atoms with van der Waals surface area (Å²) in [5.74, 6) is 2.32. The Labute approximate surface area is 105 Å². The van der Waals surface area contributed by atoms with Crippen LogP contribution < -0.4 is 14.2 Å². The van der Waals surface area contributed by atoms with Crippen molar-refractivity contribution < 1.29 is 23.7 Å². The average Bonchev–Trinajstić information content (AvgIpc) is 3.10. The van der Waals surface area contributed by atoms with Gasteiger partial charge in [0.25, 0.3) is 0 Å². The fraction of sp³-hybridized carbons (Fsp3) is 0.462. The van der Waals surface area contributed by atoms with Gasteiger partial charge in [-0.25, -0.2) is 0 Å². The summed E-state index contributed by atoms with van der Waals surface area (Å²) in [6.45, 7) is 1.05. The van der Waals surface area contributed by atoms with Crippen LogP contribution in [0.1, 0.15) is 23.2 Å². The fourth-order valence-electron chi connectivity index (χ4n) is 1.76. The first-order valence-electron chi connectivity index (χ1n) is 5.96. The standard InChI is InChI=1S/C13H14O5/c14-5-10-3-12-13(18-8-17-12)4-11(10)16-7-15-6-9-1-2-9/h3-5,9H,1-2,6-8H2. The zero-order valence-electron chi connectivity index (χ0n) is 9.89. The smallest absolute Gasteiger partial charge is 0.231 e. The van der Waals surface area contributed by atoms with Gasteiger partial charge < -0.3 is 18.9 Å². The Hall–Kier alpha value is -1.75. The summed E-state index contributed by atoms with van der Waals surface area (Å²) in [4.78, 5) is 11.0. The molecule has 5 heteroatoms. The predicted molar refractivity (Wildman–Crippen MR) is 62.1 cm³/mol. The van der Waals surface area contributed by atoms with Crippen LogP contribution in [0, 0.1) is 5.92 Å². The molecule has 1 heterocycles. The summed E-state index contributed by atoms with van der Waals surface area (Å²) in [6, 6.07) is 3.28. The van der Waals surface area contributed by atoms with E-state index in [0.717, 1.165) is 12.9 Å². The first-order valence-corrected chi connectivity index (χ1v) is 5.96. The van der Waals surface area contributed by atoms with Gasteiger partial charge >= 0.3 is 0 Å². The molecule has 2 aliphatic rings. The second kappa shape index (κ2) is 4.86. The average molecular weight is 250 g/mol. The fourth-order valence-corrected chi connectivity index (χ4v) is 1.76. The Morgan fingerprint density at radius 1 is 1.28 bits per heavy atom. The van der Waals surface area contributed by atoms with E-state index in [1.54, 1.807) is 12.1 Å². The summed E-state index contributed by atoms with van der Waals surface area (Å²) >= 11 is 0. The third-order valence-corrected chi connectivity index (χ3v) is 2.98. The van der Waals surface area contributed by atoms with Crippen LogP contribution >= 0.6 is 0 Å². The third kappa shape index (κ3) is 2.41. The van der Waals surface area contributed by atoms with Gasteiger partial charge in [-0.3, -0.25) is 4.79 Å². The highest BCUT2D eigenvalue weighted by Gasteiger charge is 2.21. The minimum absolute atomic E-state index is 0.150. The number of hydrogen-bond acceptors (Lipinski definition) is 5. The number of rotatable bonds is 6. The molecule has 3 rings (SSSR count). The molecule has 0 N–H and O–H groups in total. The monoisotopic (exact) mass is 250 g/mol. The normalized spacial score (nSPS) is 16.7. The Morgan fingerprint density at radius 2 is 2.06 bits per heavy atom. The largest absolute Gasteiger partial charge is 0.467 e. The minimum atomic E-state index is 0.150. The van der Waals surface area contributed by atoms with Crippen molar-refractivity contribution >= 4 is 6.29 Å².